The van der Waals surface area contributed by atoms with E-state index in [9.17, 15) is 30.0 Å². The van der Waals surface area contributed by atoms with Crippen LogP contribution < -0.4 is 0 Å². The number of esters is 1. The molecule has 0 radical (unpaired) electrons. The van der Waals surface area contributed by atoms with Crippen molar-refractivity contribution in [3.8, 4) is 0 Å². The first-order valence-corrected chi connectivity index (χ1v) is 6.80. The van der Waals surface area contributed by atoms with E-state index in [4.69, 9.17) is 11.6 Å². The number of ether oxygens (including phenoxy) is 1. The standard InChI is InChI=1S/C14H11ClN2O7/c1-24-14(20)9-6-16(21)5-8(13(18)19)12(9)7-2-3-10(15)11(4-7)17(22)23/h2-6,12,21H,1H3,(H,18,19). The molecule has 0 spiro atoms. The Bertz CT molecular complexity index is 787. The van der Waals surface area contributed by atoms with Crippen LogP contribution in [0.15, 0.2) is 41.7 Å². The van der Waals surface area contributed by atoms with Gasteiger partial charge < -0.3 is 9.84 Å². The number of hydrogen-bond donors (Lipinski definition) is 2. The largest absolute Gasteiger partial charge is 0.478 e. The van der Waals surface area contributed by atoms with Crippen molar-refractivity contribution in [2.24, 2.45) is 0 Å². The van der Waals surface area contributed by atoms with Crippen LogP contribution in [0.4, 0.5) is 5.69 Å². The van der Waals surface area contributed by atoms with Gasteiger partial charge in [-0.1, -0.05) is 17.7 Å². The van der Waals surface area contributed by atoms with E-state index in [2.05, 4.69) is 4.74 Å². The van der Waals surface area contributed by atoms with Gasteiger partial charge in [0.05, 0.1) is 29.1 Å². The van der Waals surface area contributed by atoms with Crippen LogP contribution in [0, 0.1) is 10.1 Å². The molecule has 0 bridgehead atoms. The minimum absolute atomic E-state index is 0.132. The van der Waals surface area contributed by atoms with E-state index >= 15 is 0 Å². The summed E-state index contributed by atoms with van der Waals surface area (Å²) < 4.78 is 4.59. The molecule has 1 aliphatic heterocycles. The quantitative estimate of drug-likeness (QED) is 0.477. The minimum Gasteiger partial charge on any atom is -0.478 e. The number of carboxylic acids is 1. The Morgan fingerprint density at radius 3 is 2.50 bits per heavy atom. The first-order valence-electron chi connectivity index (χ1n) is 6.42. The molecule has 9 nitrogen and oxygen atoms in total. The van der Waals surface area contributed by atoms with Gasteiger partial charge in [0.25, 0.3) is 5.69 Å². The van der Waals surface area contributed by atoms with Crippen molar-refractivity contribution in [2.75, 3.05) is 7.11 Å². The molecule has 2 N–H and O–H groups in total. The lowest BCUT2D eigenvalue weighted by Gasteiger charge is -2.26. The second-order valence-corrected chi connectivity index (χ2v) is 5.15. The van der Waals surface area contributed by atoms with Gasteiger partial charge in [-0.15, -0.1) is 0 Å². The molecule has 0 fully saturated rings. The SMILES string of the molecule is COC(=O)C1=CN(O)C=C(C(=O)O)C1c1ccc(Cl)c([N+](=O)[O-])c1. The van der Waals surface area contributed by atoms with Crippen LogP contribution in [0.3, 0.4) is 0 Å². The number of nitrogens with zero attached hydrogens (tertiary/aromatic N) is 2. The molecule has 1 aromatic carbocycles. The van der Waals surface area contributed by atoms with Gasteiger partial charge in [0.2, 0.25) is 0 Å². The summed E-state index contributed by atoms with van der Waals surface area (Å²) in [6, 6.07) is 3.67. The number of rotatable bonds is 4. The highest BCUT2D eigenvalue weighted by atomic mass is 35.5. The zero-order valence-electron chi connectivity index (χ0n) is 12.2. The normalized spacial score (nSPS) is 17.0. The fraction of sp³-hybridized carbons (Fsp3) is 0.143. The second kappa shape index (κ2) is 6.69. The van der Waals surface area contributed by atoms with Crippen LogP contribution in [0.2, 0.25) is 5.02 Å². The third-order valence-electron chi connectivity index (χ3n) is 3.33. The van der Waals surface area contributed by atoms with Crippen LogP contribution in [0.1, 0.15) is 11.5 Å². The molecule has 24 heavy (non-hydrogen) atoms. The number of hydroxylamine groups is 2. The fourth-order valence-corrected chi connectivity index (χ4v) is 2.50. The fourth-order valence-electron chi connectivity index (χ4n) is 2.31. The average molecular weight is 355 g/mol. The topological polar surface area (TPSA) is 130 Å². The Hall–Kier alpha value is -2.91. The Kier molecular flexibility index (Phi) is 4.86. The summed E-state index contributed by atoms with van der Waals surface area (Å²) in [5.41, 5.74) is -0.854. The van der Waals surface area contributed by atoms with Crippen LogP contribution in [-0.4, -0.2) is 39.3 Å². The monoisotopic (exact) mass is 354 g/mol. The van der Waals surface area contributed by atoms with Gasteiger partial charge in [-0.2, -0.15) is 0 Å². The number of benzene rings is 1. The maximum Gasteiger partial charge on any atom is 0.336 e. The molecule has 2 rings (SSSR count). The van der Waals surface area contributed by atoms with Crippen molar-refractivity contribution in [3.63, 3.8) is 0 Å². The summed E-state index contributed by atoms with van der Waals surface area (Å²) in [7, 11) is 1.09. The highest BCUT2D eigenvalue weighted by Crippen LogP contribution is 2.38. The number of hydrogen-bond acceptors (Lipinski definition) is 7. The molecule has 1 heterocycles. The van der Waals surface area contributed by atoms with E-state index in [1.807, 2.05) is 0 Å². The maximum atomic E-state index is 11.9. The van der Waals surface area contributed by atoms with Gasteiger partial charge in [0, 0.05) is 18.5 Å². The molecule has 1 atom stereocenters. The number of carbonyl (C=O) groups is 2. The first kappa shape index (κ1) is 17.4. The van der Waals surface area contributed by atoms with E-state index in [0.29, 0.717) is 5.06 Å². The summed E-state index contributed by atoms with van der Waals surface area (Å²) in [5, 5.41) is 30.2. The smallest absolute Gasteiger partial charge is 0.336 e. The Morgan fingerprint density at radius 2 is 1.96 bits per heavy atom. The third-order valence-corrected chi connectivity index (χ3v) is 3.65. The summed E-state index contributed by atoms with van der Waals surface area (Å²) in [6.45, 7) is 0. The molecule has 0 aromatic heterocycles. The molecule has 0 amide bonds. The predicted octanol–water partition coefficient (Wildman–Crippen LogP) is 2.06. The van der Waals surface area contributed by atoms with Crippen LogP contribution in [0.5, 0.6) is 0 Å². The number of nitro benzene ring substituents is 1. The zero-order chi connectivity index (χ0) is 18.0. The minimum atomic E-state index is -1.41. The molecular weight excluding hydrogens is 344 g/mol. The Morgan fingerprint density at radius 1 is 1.33 bits per heavy atom. The lowest BCUT2D eigenvalue weighted by atomic mass is 9.83. The van der Waals surface area contributed by atoms with E-state index < -0.39 is 28.5 Å². The van der Waals surface area contributed by atoms with Crippen molar-refractivity contribution in [2.45, 2.75) is 5.92 Å². The van der Waals surface area contributed by atoms with E-state index in [-0.39, 0.29) is 21.7 Å². The van der Waals surface area contributed by atoms with Gasteiger partial charge in [0.1, 0.15) is 5.02 Å². The number of halogens is 1. The number of nitro groups is 1. The molecule has 0 saturated carbocycles. The molecule has 1 aliphatic rings. The van der Waals surface area contributed by atoms with Crippen molar-refractivity contribution in [3.05, 3.63) is 62.4 Å². The zero-order valence-corrected chi connectivity index (χ0v) is 12.9. The van der Waals surface area contributed by atoms with E-state index in [1.54, 1.807) is 0 Å². The molecule has 0 aliphatic carbocycles. The van der Waals surface area contributed by atoms with Crippen LogP contribution in [-0.2, 0) is 14.3 Å². The lowest BCUT2D eigenvalue weighted by molar-refractivity contribution is -0.384. The highest BCUT2D eigenvalue weighted by Gasteiger charge is 2.35. The van der Waals surface area contributed by atoms with Crippen molar-refractivity contribution in [1.29, 1.82) is 0 Å². The number of carbonyl (C=O) groups excluding carboxylic acids is 1. The van der Waals surface area contributed by atoms with Crippen molar-refractivity contribution < 1.29 is 29.6 Å². The van der Waals surface area contributed by atoms with Crippen molar-refractivity contribution >= 4 is 29.2 Å². The number of aliphatic carboxylic acids is 1. The molecule has 10 heteroatoms. The molecule has 0 saturated heterocycles. The summed E-state index contributed by atoms with van der Waals surface area (Å²) >= 11 is 5.75. The Labute approximate surface area is 140 Å². The first-order chi connectivity index (χ1) is 11.3. The summed E-state index contributed by atoms with van der Waals surface area (Å²) in [6.07, 6.45) is 1.86. The predicted molar refractivity (Wildman–Crippen MR) is 80.3 cm³/mol. The maximum absolute atomic E-state index is 11.9. The second-order valence-electron chi connectivity index (χ2n) is 4.75. The third kappa shape index (κ3) is 3.21. The van der Waals surface area contributed by atoms with Gasteiger partial charge in [0.15, 0.2) is 0 Å². The molecule has 126 valence electrons. The van der Waals surface area contributed by atoms with Gasteiger partial charge in [-0.3, -0.25) is 15.3 Å². The van der Waals surface area contributed by atoms with Gasteiger partial charge >= 0.3 is 11.9 Å². The average Bonchev–Trinajstić information content (AvgIpc) is 2.53. The van der Waals surface area contributed by atoms with E-state index in [1.165, 1.54) is 12.1 Å². The van der Waals surface area contributed by atoms with E-state index in [0.717, 1.165) is 25.6 Å². The van der Waals surface area contributed by atoms with Gasteiger partial charge in [-0.05, 0) is 11.6 Å². The van der Waals surface area contributed by atoms with Crippen LogP contribution in [0.25, 0.3) is 0 Å². The summed E-state index contributed by atoms with van der Waals surface area (Å²) in [5.74, 6) is -3.47. The lowest BCUT2D eigenvalue weighted by Crippen LogP contribution is -2.26. The molecule has 1 unspecified atom stereocenters. The van der Waals surface area contributed by atoms with Crippen molar-refractivity contribution in [1.82, 2.24) is 5.06 Å². The molecular formula is C14H11ClN2O7. The highest BCUT2D eigenvalue weighted by molar-refractivity contribution is 6.32. The van der Waals surface area contributed by atoms with Crippen LogP contribution >= 0.6 is 11.6 Å². The molecule has 1 aromatic rings. The Balaban J connectivity index is 2.65. The van der Waals surface area contributed by atoms with Gasteiger partial charge in [-0.25, -0.2) is 14.7 Å². The number of carboxylic acid groups (broad SMARTS) is 1. The number of methoxy groups -OCH3 is 1. The summed E-state index contributed by atoms with van der Waals surface area (Å²) in [4.78, 5) is 33.7.